The largest absolute Gasteiger partial charge is 0.461 e. The van der Waals surface area contributed by atoms with Crippen LogP contribution in [0.15, 0.2) is 30.5 Å². The Morgan fingerprint density at radius 2 is 1.77 bits per heavy atom. The molecule has 9 nitrogen and oxygen atoms in total. The summed E-state index contributed by atoms with van der Waals surface area (Å²) in [4.78, 5) is 34.0. The first-order valence-corrected chi connectivity index (χ1v) is 16.2. The van der Waals surface area contributed by atoms with Crippen LogP contribution >= 0.6 is 0 Å². The normalized spacial score (nSPS) is 22.9. The van der Waals surface area contributed by atoms with Gasteiger partial charge in [0.2, 0.25) is 0 Å². The fourth-order valence-electron chi connectivity index (χ4n) is 7.92. The summed E-state index contributed by atoms with van der Waals surface area (Å²) >= 11 is 0. The zero-order chi connectivity index (χ0) is 30.6. The van der Waals surface area contributed by atoms with Crippen molar-refractivity contribution in [1.82, 2.24) is 24.8 Å². The molecule has 4 saturated heterocycles. The fourth-order valence-corrected chi connectivity index (χ4v) is 7.92. The summed E-state index contributed by atoms with van der Waals surface area (Å²) in [6, 6.07) is 7.96. The second-order valence-electron chi connectivity index (χ2n) is 13.9. The number of fused-ring (bicyclic) bond motifs is 4. The molecule has 2 atom stereocenters. The summed E-state index contributed by atoms with van der Waals surface area (Å²) in [7, 11) is 0. The third kappa shape index (κ3) is 5.14. The molecule has 3 aromatic rings. The Morgan fingerprint density at radius 1 is 1.07 bits per heavy atom. The SMILES string of the molecule is CCc1ccccc1-c1ncc2c(N3C[C@H]4CC[C@@H](C3)N4C(=O)OC(C)(C)C)nc(OCC34CCCN3CCC4)nc2c1F. The van der Waals surface area contributed by atoms with Crippen LogP contribution in [-0.4, -0.2) is 86.9 Å². The van der Waals surface area contributed by atoms with Crippen LogP contribution in [0.3, 0.4) is 0 Å². The van der Waals surface area contributed by atoms with Gasteiger partial charge in [0, 0.05) is 24.8 Å². The Hall–Kier alpha value is -3.53. The number of halogens is 1. The van der Waals surface area contributed by atoms with Crippen LogP contribution in [0, 0.1) is 5.82 Å². The van der Waals surface area contributed by atoms with Crippen molar-refractivity contribution in [2.75, 3.05) is 37.7 Å². The summed E-state index contributed by atoms with van der Waals surface area (Å²) in [5.41, 5.74) is 1.76. The maximum absolute atomic E-state index is 16.5. The van der Waals surface area contributed by atoms with Gasteiger partial charge in [0.25, 0.3) is 0 Å². The van der Waals surface area contributed by atoms with Gasteiger partial charge in [-0.05, 0) is 84.4 Å². The zero-order valence-electron chi connectivity index (χ0n) is 26.3. The molecular formula is C34H43FN6O3. The summed E-state index contributed by atoms with van der Waals surface area (Å²) in [6.07, 6.45) is 8.49. The molecule has 4 aliphatic heterocycles. The fraction of sp³-hybridized carbons (Fsp3) is 0.588. The van der Waals surface area contributed by atoms with Crippen molar-refractivity contribution in [2.45, 2.75) is 95.9 Å². The van der Waals surface area contributed by atoms with E-state index in [0.29, 0.717) is 30.9 Å². The van der Waals surface area contributed by atoms with Gasteiger partial charge < -0.3 is 14.4 Å². The van der Waals surface area contributed by atoms with Crippen molar-refractivity contribution >= 4 is 22.8 Å². The third-order valence-electron chi connectivity index (χ3n) is 9.96. The Labute approximate surface area is 258 Å². The molecule has 0 saturated carbocycles. The molecule has 1 amide bonds. The second kappa shape index (κ2) is 11.1. The van der Waals surface area contributed by atoms with E-state index < -0.39 is 11.4 Å². The Balaban J connectivity index is 1.26. The number of hydrogen-bond donors (Lipinski definition) is 0. The monoisotopic (exact) mass is 602 g/mol. The topological polar surface area (TPSA) is 83.9 Å². The number of amides is 1. The minimum Gasteiger partial charge on any atom is -0.461 e. The van der Waals surface area contributed by atoms with E-state index in [1.54, 1.807) is 6.20 Å². The first-order valence-electron chi connectivity index (χ1n) is 16.2. The van der Waals surface area contributed by atoms with Crippen LogP contribution in [0.25, 0.3) is 22.2 Å². The van der Waals surface area contributed by atoms with Crippen LogP contribution in [0.4, 0.5) is 15.0 Å². The molecule has 0 radical (unpaired) electrons. The predicted octanol–water partition coefficient (Wildman–Crippen LogP) is 5.99. The molecule has 4 fully saturated rings. The molecule has 234 valence electrons. The molecule has 7 rings (SSSR count). The number of benzene rings is 1. The van der Waals surface area contributed by atoms with E-state index in [4.69, 9.17) is 19.4 Å². The van der Waals surface area contributed by atoms with Crippen molar-refractivity contribution in [1.29, 1.82) is 0 Å². The van der Waals surface area contributed by atoms with Crippen molar-refractivity contribution in [3.8, 4) is 17.3 Å². The number of aromatic nitrogens is 3. The van der Waals surface area contributed by atoms with Gasteiger partial charge >= 0.3 is 12.1 Å². The number of ether oxygens (including phenoxy) is 2. The number of anilines is 1. The number of rotatable bonds is 6. The number of nitrogens with zero attached hydrogens (tertiary/aromatic N) is 6. The van der Waals surface area contributed by atoms with Crippen molar-refractivity contribution in [2.24, 2.45) is 0 Å². The van der Waals surface area contributed by atoms with Crippen LogP contribution in [0.2, 0.25) is 0 Å². The third-order valence-corrected chi connectivity index (χ3v) is 9.96. The summed E-state index contributed by atoms with van der Waals surface area (Å²) in [5.74, 6) is 0.147. The maximum Gasteiger partial charge on any atom is 0.410 e. The molecule has 1 aromatic carbocycles. The van der Waals surface area contributed by atoms with Crippen LogP contribution < -0.4 is 9.64 Å². The van der Waals surface area contributed by atoms with Gasteiger partial charge in [0.15, 0.2) is 5.82 Å². The van der Waals surface area contributed by atoms with E-state index >= 15 is 4.39 Å². The van der Waals surface area contributed by atoms with Crippen LogP contribution in [0.1, 0.15) is 71.8 Å². The lowest BCUT2D eigenvalue weighted by atomic mass is 9.95. The summed E-state index contributed by atoms with van der Waals surface area (Å²) < 4.78 is 28.7. The van der Waals surface area contributed by atoms with Crippen molar-refractivity contribution in [3.05, 3.63) is 41.8 Å². The smallest absolute Gasteiger partial charge is 0.410 e. The van der Waals surface area contributed by atoms with Gasteiger partial charge in [-0.1, -0.05) is 31.2 Å². The highest BCUT2D eigenvalue weighted by Crippen LogP contribution is 2.41. The number of pyridine rings is 1. The first-order chi connectivity index (χ1) is 21.2. The lowest BCUT2D eigenvalue weighted by molar-refractivity contribution is 0.0122. The van der Waals surface area contributed by atoms with E-state index in [1.807, 2.05) is 49.9 Å². The van der Waals surface area contributed by atoms with Gasteiger partial charge in [-0.25, -0.2) is 9.18 Å². The average molecular weight is 603 g/mol. The molecule has 2 aromatic heterocycles. The molecule has 2 bridgehead atoms. The predicted molar refractivity (Wildman–Crippen MR) is 167 cm³/mol. The molecule has 0 spiro atoms. The zero-order valence-corrected chi connectivity index (χ0v) is 26.3. The molecule has 0 N–H and O–H groups in total. The summed E-state index contributed by atoms with van der Waals surface area (Å²) in [6.45, 7) is 11.6. The van der Waals surface area contributed by atoms with E-state index in [9.17, 15) is 4.79 Å². The highest BCUT2D eigenvalue weighted by atomic mass is 19.1. The van der Waals surface area contributed by atoms with Gasteiger partial charge in [0.05, 0.1) is 23.0 Å². The van der Waals surface area contributed by atoms with Crippen molar-refractivity contribution < 1.29 is 18.7 Å². The number of carbonyl (C=O) groups excluding carboxylic acids is 1. The summed E-state index contributed by atoms with van der Waals surface area (Å²) in [5, 5.41) is 0.555. The molecular weight excluding hydrogens is 559 g/mol. The van der Waals surface area contributed by atoms with Gasteiger partial charge in [-0.15, -0.1) is 0 Å². The van der Waals surface area contributed by atoms with E-state index in [2.05, 4.69) is 21.7 Å². The Kier molecular flexibility index (Phi) is 7.38. The number of hydrogen-bond acceptors (Lipinski definition) is 8. The van der Waals surface area contributed by atoms with E-state index in [0.717, 1.165) is 56.3 Å². The van der Waals surface area contributed by atoms with Gasteiger partial charge in [-0.3, -0.25) is 14.8 Å². The quantitative estimate of drug-likeness (QED) is 0.340. The highest BCUT2D eigenvalue weighted by Gasteiger charge is 2.46. The minimum absolute atomic E-state index is 0.0125. The van der Waals surface area contributed by atoms with E-state index in [1.165, 1.54) is 12.8 Å². The number of carbonyl (C=O) groups is 1. The van der Waals surface area contributed by atoms with Crippen LogP contribution in [-0.2, 0) is 11.2 Å². The average Bonchev–Trinajstić information content (AvgIpc) is 3.66. The van der Waals surface area contributed by atoms with Crippen molar-refractivity contribution in [3.63, 3.8) is 0 Å². The Bertz CT molecular complexity index is 1550. The van der Waals surface area contributed by atoms with E-state index in [-0.39, 0.29) is 40.9 Å². The molecule has 6 heterocycles. The molecule has 0 unspecified atom stereocenters. The molecule has 0 aliphatic carbocycles. The highest BCUT2D eigenvalue weighted by molar-refractivity contribution is 5.92. The first kappa shape index (κ1) is 29.2. The molecule has 10 heteroatoms. The number of piperazine rings is 1. The van der Waals surface area contributed by atoms with Gasteiger partial charge in [0.1, 0.15) is 29.2 Å². The maximum atomic E-state index is 16.5. The molecule has 4 aliphatic rings. The molecule has 44 heavy (non-hydrogen) atoms. The number of aryl methyl sites for hydroxylation is 1. The lowest BCUT2D eigenvalue weighted by Gasteiger charge is -2.42. The standard InChI is InChI=1S/C34H43FN6O3/c1-5-22-10-6-7-11-25(22)28-27(35)29-26(18-36-28)30(38-31(37-29)43-21-34-14-8-16-40(34)17-9-15-34)39-19-23-12-13-24(20-39)41(23)32(42)44-33(2,3)4/h6-7,10-11,18,23-24H,5,8-9,12-17,19-21H2,1-4H3/t23-,24+. The van der Waals surface area contributed by atoms with Gasteiger partial charge in [-0.2, -0.15) is 9.97 Å². The minimum atomic E-state index is -0.562. The Morgan fingerprint density at radius 3 is 2.45 bits per heavy atom. The lowest BCUT2D eigenvalue weighted by Crippen LogP contribution is -2.57. The second-order valence-corrected chi connectivity index (χ2v) is 13.9. The van der Waals surface area contributed by atoms with Crippen LogP contribution in [0.5, 0.6) is 6.01 Å².